The molecule has 1 atom stereocenters. The number of rotatable bonds is 4. The molecule has 1 aliphatic heterocycles. The van der Waals surface area contributed by atoms with Crippen molar-refractivity contribution < 1.29 is 0 Å². The van der Waals surface area contributed by atoms with Crippen molar-refractivity contribution in [1.82, 2.24) is 24.7 Å². The normalized spacial score (nSPS) is 16.6. The van der Waals surface area contributed by atoms with Crippen LogP contribution in [0.15, 0.2) is 59.1 Å². The second-order valence-corrected chi connectivity index (χ2v) is 7.19. The fraction of sp³-hybridized carbons (Fsp3) is 0.200. The van der Waals surface area contributed by atoms with Crippen LogP contribution in [0.2, 0.25) is 0 Å². The number of hydrogen-bond acceptors (Lipinski definition) is 6. The van der Waals surface area contributed by atoms with Gasteiger partial charge in [-0.2, -0.15) is 0 Å². The van der Waals surface area contributed by atoms with Crippen LogP contribution in [0, 0.1) is 0 Å². The molecule has 0 radical (unpaired) electrons. The first-order chi connectivity index (χ1) is 10.9. The lowest BCUT2D eigenvalue weighted by atomic mass is 10.2. The van der Waals surface area contributed by atoms with Crippen LogP contribution in [0.5, 0.6) is 0 Å². The Bertz CT molecular complexity index is 760. The predicted molar refractivity (Wildman–Crippen MR) is 87.9 cm³/mol. The van der Waals surface area contributed by atoms with Crippen LogP contribution in [0.1, 0.15) is 0 Å². The Kier molecular flexibility index (Phi) is 3.82. The van der Waals surface area contributed by atoms with Gasteiger partial charge in [0.2, 0.25) is 0 Å². The number of hydrogen-bond donors (Lipinski definition) is 0. The van der Waals surface area contributed by atoms with E-state index < -0.39 is 0 Å². The summed E-state index contributed by atoms with van der Waals surface area (Å²) in [5.74, 6) is 1.92. The van der Waals surface area contributed by atoms with Crippen molar-refractivity contribution in [2.24, 2.45) is 0 Å². The maximum atomic E-state index is 4.35. The zero-order chi connectivity index (χ0) is 14.8. The Balaban J connectivity index is 1.46. The zero-order valence-corrected chi connectivity index (χ0v) is 13.3. The number of aromatic nitrogens is 5. The fourth-order valence-electron chi connectivity index (χ4n) is 2.34. The Labute approximate surface area is 136 Å². The maximum Gasteiger partial charge on any atom is 0.191 e. The summed E-state index contributed by atoms with van der Waals surface area (Å²) in [6.07, 6.45) is 5.43. The first-order valence-electron chi connectivity index (χ1n) is 6.94. The molecule has 7 heteroatoms. The van der Waals surface area contributed by atoms with Gasteiger partial charge in [0, 0.05) is 41.7 Å². The summed E-state index contributed by atoms with van der Waals surface area (Å²) in [5, 5.41) is 11.1. The molecule has 0 unspecified atom stereocenters. The minimum atomic E-state index is 0.493. The predicted octanol–water partition coefficient (Wildman–Crippen LogP) is 3.00. The Morgan fingerprint density at radius 1 is 1.18 bits per heavy atom. The monoisotopic (exact) mass is 327 g/mol. The second kappa shape index (κ2) is 6.10. The molecule has 0 saturated carbocycles. The lowest BCUT2D eigenvalue weighted by Crippen LogP contribution is -2.09. The van der Waals surface area contributed by atoms with Crippen molar-refractivity contribution in [1.29, 1.82) is 0 Å². The minimum Gasteiger partial charge on any atom is -0.301 e. The molecule has 0 bridgehead atoms. The number of nitrogens with zero attached hydrogens (tertiary/aromatic N) is 5. The van der Waals surface area contributed by atoms with Crippen LogP contribution in [-0.4, -0.2) is 35.7 Å². The van der Waals surface area contributed by atoms with Gasteiger partial charge < -0.3 is 4.57 Å². The molecular weight excluding hydrogens is 314 g/mol. The number of thioether (sulfide) groups is 2. The SMILES string of the molecule is c1ccc(SC[C@@H]2Cn3c(nnc3-c3cccnc3)S2)nc1. The van der Waals surface area contributed by atoms with Crippen LogP contribution >= 0.6 is 23.5 Å². The Morgan fingerprint density at radius 2 is 2.18 bits per heavy atom. The molecular formula is C15H13N5S2. The highest BCUT2D eigenvalue weighted by Crippen LogP contribution is 2.36. The number of pyridine rings is 2. The summed E-state index contributed by atoms with van der Waals surface area (Å²) < 4.78 is 2.19. The van der Waals surface area contributed by atoms with E-state index in [1.54, 1.807) is 29.7 Å². The molecule has 1 aliphatic rings. The van der Waals surface area contributed by atoms with Crippen molar-refractivity contribution in [2.75, 3.05) is 5.75 Å². The van der Waals surface area contributed by atoms with E-state index in [1.807, 2.05) is 42.7 Å². The fourth-order valence-corrected chi connectivity index (χ4v) is 4.48. The molecule has 5 nitrogen and oxygen atoms in total. The van der Waals surface area contributed by atoms with E-state index in [9.17, 15) is 0 Å². The molecule has 0 spiro atoms. The van der Waals surface area contributed by atoms with Gasteiger partial charge in [-0.25, -0.2) is 4.98 Å². The maximum absolute atomic E-state index is 4.35. The average molecular weight is 327 g/mol. The molecule has 0 fully saturated rings. The van der Waals surface area contributed by atoms with Gasteiger partial charge in [0.1, 0.15) is 0 Å². The van der Waals surface area contributed by atoms with Crippen LogP contribution in [0.25, 0.3) is 11.4 Å². The van der Waals surface area contributed by atoms with Gasteiger partial charge in [-0.05, 0) is 24.3 Å². The van der Waals surface area contributed by atoms with Gasteiger partial charge in [-0.1, -0.05) is 17.8 Å². The highest BCUT2D eigenvalue weighted by atomic mass is 32.2. The van der Waals surface area contributed by atoms with Crippen molar-refractivity contribution in [3.05, 3.63) is 48.9 Å². The molecule has 0 saturated heterocycles. The topological polar surface area (TPSA) is 56.5 Å². The number of fused-ring (bicyclic) bond motifs is 1. The second-order valence-electron chi connectivity index (χ2n) is 4.88. The van der Waals surface area contributed by atoms with E-state index in [2.05, 4.69) is 24.7 Å². The van der Waals surface area contributed by atoms with E-state index in [0.717, 1.165) is 33.9 Å². The summed E-state index contributed by atoms with van der Waals surface area (Å²) in [4.78, 5) is 8.51. The zero-order valence-electron chi connectivity index (χ0n) is 11.7. The molecule has 0 amide bonds. The van der Waals surface area contributed by atoms with Crippen molar-refractivity contribution in [2.45, 2.75) is 22.0 Å². The lowest BCUT2D eigenvalue weighted by Gasteiger charge is -2.08. The van der Waals surface area contributed by atoms with Gasteiger partial charge >= 0.3 is 0 Å². The molecule has 22 heavy (non-hydrogen) atoms. The summed E-state index contributed by atoms with van der Waals surface area (Å²) in [5.41, 5.74) is 1.01. The summed E-state index contributed by atoms with van der Waals surface area (Å²) in [6, 6.07) is 9.95. The standard InChI is InChI=1S/C15H13N5S2/c1-2-7-17-13(5-1)21-10-12-9-20-14(18-19-15(20)22-12)11-4-3-6-16-8-11/h1-8,12H,9-10H2/t12-/m0/s1. The van der Waals surface area contributed by atoms with Gasteiger partial charge in [0.15, 0.2) is 11.0 Å². The van der Waals surface area contributed by atoms with Gasteiger partial charge in [0.25, 0.3) is 0 Å². The molecule has 0 aliphatic carbocycles. The van der Waals surface area contributed by atoms with E-state index in [0.29, 0.717) is 5.25 Å². The summed E-state index contributed by atoms with van der Waals surface area (Å²) in [7, 11) is 0. The van der Waals surface area contributed by atoms with E-state index in [1.165, 1.54) is 0 Å². The van der Waals surface area contributed by atoms with Crippen molar-refractivity contribution >= 4 is 23.5 Å². The van der Waals surface area contributed by atoms with Crippen LogP contribution in [-0.2, 0) is 6.54 Å². The lowest BCUT2D eigenvalue weighted by molar-refractivity contribution is 0.678. The van der Waals surface area contributed by atoms with Crippen molar-refractivity contribution in [3.8, 4) is 11.4 Å². The first kappa shape index (κ1) is 13.8. The molecule has 4 heterocycles. The van der Waals surface area contributed by atoms with Gasteiger partial charge in [-0.3, -0.25) is 4.98 Å². The van der Waals surface area contributed by atoms with E-state index in [-0.39, 0.29) is 0 Å². The first-order valence-corrected chi connectivity index (χ1v) is 8.81. The van der Waals surface area contributed by atoms with E-state index in [4.69, 9.17) is 0 Å². The molecule has 3 aromatic heterocycles. The van der Waals surface area contributed by atoms with Gasteiger partial charge in [-0.15, -0.1) is 22.0 Å². The highest BCUT2D eigenvalue weighted by molar-refractivity contribution is 8.03. The summed E-state index contributed by atoms with van der Waals surface area (Å²) >= 11 is 3.58. The smallest absolute Gasteiger partial charge is 0.191 e. The third kappa shape index (κ3) is 2.74. The van der Waals surface area contributed by atoms with Gasteiger partial charge in [0.05, 0.1) is 5.03 Å². The molecule has 3 aromatic rings. The third-order valence-electron chi connectivity index (χ3n) is 3.35. The largest absolute Gasteiger partial charge is 0.301 e. The quantitative estimate of drug-likeness (QED) is 0.687. The summed E-state index contributed by atoms with van der Waals surface area (Å²) in [6.45, 7) is 0.928. The third-order valence-corrected chi connectivity index (χ3v) is 5.83. The Hall–Kier alpha value is -1.86. The Morgan fingerprint density at radius 3 is 3.00 bits per heavy atom. The van der Waals surface area contributed by atoms with Crippen LogP contribution in [0.4, 0.5) is 0 Å². The molecule has 0 N–H and O–H groups in total. The van der Waals surface area contributed by atoms with Crippen LogP contribution in [0.3, 0.4) is 0 Å². The average Bonchev–Trinajstić information content (AvgIpc) is 3.15. The van der Waals surface area contributed by atoms with E-state index >= 15 is 0 Å². The van der Waals surface area contributed by atoms with Crippen molar-refractivity contribution in [3.63, 3.8) is 0 Å². The molecule has 0 aromatic carbocycles. The van der Waals surface area contributed by atoms with Crippen LogP contribution < -0.4 is 0 Å². The molecule has 110 valence electrons. The minimum absolute atomic E-state index is 0.493. The highest BCUT2D eigenvalue weighted by Gasteiger charge is 2.27. The molecule has 4 rings (SSSR count).